The molecule has 0 radical (unpaired) electrons. The predicted octanol–water partition coefficient (Wildman–Crippen LogP) is 5.59. The van der Waals surface area contributed by atoms with Gasteiger partial charge in [-0.25, -0.2) is 18.8 Å². The maximum Gasteiger partial charge on any atom is 0.343 e. The molecule has 8 heteroatoms. The summed E-state index contributed by atoms with van der Waals surface area (Å²) in [5, 5.41) is 0. The second-order valence-electron chi connectivity index (χ2n) is 8.31. The molecule has 4 rings (SSSR count). The van der Waals surface area contributed by atoms with E-state index in [1.54, 1.807) is 24.3 Å². The van der Waals surface area contributed by atoms with Crippen molar-refractivity contribution in [3.63, 3.8) is 0 Å². The van der Waals surface area contributed by atoms with E-state index >= 15 is 0 Å². The van der Waals surface area contributed by atoms with Crippen LogP contribution in [0, 0.1) is 5.82 Å². The lowest BCUT2D eigenvalue weighted by atomic mass is 9.97. The van der Waals surface area contributed by atoms with Crippen LogP contribution in [0.1, 0.15) is 44.7 Å². The normalized spacial score (nSPS) is 13.2. The van der Waals surface area contributed by atoms with Crippen LogP contribution in [0.15, 0.2) is 79.6 Å². The maximum absolute atomic E-state index is 14.5. The van der Waals surface area contributed by atoms with Crippen LogP contribution in [0.3, 0.4) is 0 Å². The predicted molar refractivity (Wildman–Crippen MR) is 133 cm³/mol. The standard InChI is InChI=1S/C29H23FO7/c1-5-35-28(32)18-6-9-21-22-10-7-19(13-24(22)17(3)23(21)12-18)29(33)36-20-8-11-26(25(30)14-20)37-27(31)16(2)15-34-4/h5-14,17H,1-2,15H2,3-4H3. The van der Waals surface area contributed by atoms with Crippen molar-refractivity contribution in [3.05, 3.63) is 108 Å². The Bertz CT molecular complexity index is 1440. The van der Waals surface area contributed by atoms with E-state index in [1.807, 2.05) is 19.1 Å². The van der Waals surface area contributed by atoms with Crippen molar-refractivity contribution in [2.75, 3.05) is 13.7 Å². The minimum Gasteiger partial charge on any atom is -0.432 e. The lowest BCUT2D eigenvalue weighted by Crippen LogP contribution is -2.15. The van der Waals surface area contributed by atoms with Crippen molar-refractivity contribution in [1.29, 1.82) is 0 Å². The van der Waals surface area contributed by atoms with E-state index in [1.165, 1.54) is 19.2 Å². The summed E-state index contributed by atoms with van der Waals surface area (Å²) in [6, 6.07) is 13.9. The number of rotatable bonds is 8. The highest BCUT2D eigenvalue weighted by Crippen LogP contribution is 2.45. The Hall–Kier alpha value is -4.56. The van der Waals surface area contributed by atoms with E-state index < -0.39 is 23.7 Å². The Labute approximate surface area is 212 Å². The van der Waals surface area contributed by atoms with Crippen molar-refractivity contribution in [2.24, 2.45) is 0 Å². The molecule has 0 heterocycles. The Kier molecular flexibility index (Phi) is 7.31. The number of methoxy groups -OCH3 is 1. The van der Waals surface area contributed by atoms with Gasteiger partial charge in [0.1, 0.15) is 5.75 Å². The molecule has 0 N–H and O–H groups in total. The van der Waals surface area contributed by atoms with E-state index in [-0.39, 0.29) is 35.2 Å². The number of ether oxygens (including phenoxy) is 4. The van der Waals surface area contributed by atoms with Crippen LogP contribution >= 0.6 is 0 Å². The number of carbonyl (C=O) groups is 3. The minimum absolute atomic E-state index is 0.0262. The van der Waals surface area contributed by atoms with Crippen molar-refractivity contribution in [2.45, 2.75) is 12.8 Å². The highest BCUT2D eigenvalue weighted by molar-refractivity contribution is 5.95. The van der Waals surface area contributed by atoms with Crippen LogP contribution in [-0.2, 0) is 14.3 Å². The van der Waals surface area contributed by atoms with E-state index in [0.717, 1.165) is 34.6 Å². The largest absolute Gasteiger partial charge is 0.432 e. The molecule has 1 unspecified atom stereocenters. The monoisotopic (exact) mass is 502 g/mol. The van der Waals surface area contributed by atoms with Gasteiger partial charge >= 0.3 is 17.9 Å². The molecule has 188 valence electrons. The summed E-state index contributed by atoms with van der Waals surface area (Å²) in [7, 11) is 1.39. The maximum atomic E-state index is 14.5. The molecule has 0 saturated carbocycles. The second-order valence-corrected chi connectivity index (χ2v) is 8.31. The molecule has 1 aliphatic carbocycles. The smallest absolute Gasteiger partial charge is 0.343 e. The average Bonchev–Trinajstić information content (AvgIpc) is 3.16. The van der Waals surface area contributed by atoms with Gasteiger partial charge in [0, 0.05) is 19.1 Å². The number of benzene rings is 3. The highest BCUT2D eigenvalue weighted by atomic mass is 19.1. The van der Waals surface area contributed by atoms with E-state index in [0.29, 0.717) is 5.56 Å². The molecule has 0 fully saturated rings. The quantitative estimate of drug-likeness (QED) is 0.172. The molecule has 0 amide bonds. The number of carbonyl (C=O) groups excluding carboxylic acids is 3. The van der Waals surface area contributed by atoms with Crippen molar-refractivity contribution in [1.82, 2.24) is 0 Å². The van der Waals surface area contributed by atoms with Crippen molar-refractivity contribution >= 4 is 17.9 Å². The first-order chi connectivity index (χ1) is 17.7. The Morgan fingerprint density at radius 3 is 2.11 bits per heavy atom. The van der Waals surface area contributed by atoms with Crippen LogP contribution < -0.4 is 9.47 Å². The average molecular weight is 502 g/mol. The Balaban J connectivity index is 1.50. The molecule has 7 nitrogen and oxygen atoms in total. The first kappa shape index (κ1) is 25.5. The molecule has 0 aromatic heterocycles. The molecule has 0 saturated heterocycles. The highest BCUT2D eigenvalue weighted by Gasteiger charge is 2.28. The third kappa shape index (κ3) is 5.19. The first-order valence-electron chi connectivity index (χ1n) is 11.2. The molecular weight excluding hydrogens is 479 g/mol. The lowest BCUT2D eigenvalue weighted by molar-refractivity contribution is -0.130. The zero-order valence-corrected chi connectivity index (χ0v) is 20.2. The third-order valence-electron chi connectivity index (χ3n) is 5.91. The molecule has 1 atom stereocenters. The van der Waals surface area contributed by atoms with Gasteiger partial charge in [-0.15, -0.1) is 0 Å². The molecule has 0 bridgehead atoms. The molecule has 3 aromatic carbocycles. The first-order valence-corrected chi connectivity index (χ1v) is 11.2. The minimum atomic E-state index is -0.882. The molecule has 37 heavy (non-hydrogen) atoms. The van der Waals surface area contributed by atoms with E-state index in [9.17, 15) is 18.8 Å². The van der Waals surface area contributed by atoms with Crippen molar-refractivity contribution in [3.8, 4) is 22.6 Å². The molecular formula is C29H23FO7. The molecule has 0 spiro atoms. The molecule has 1 aliphatic rings. The van der Waals surface area contributed by atoms with Crippen LogP contribution in [0.4, 0.5) is 4.39 Å². The molecule has 0 aliphatic heterocycles. The fourth-order valence-electron chi connectivity index (χ4n) is 4.10. The Morgan fingerprint density at radius 1 is 0.919 bits per heavy atom. The van der Waals surface area contributed by atoms with E-state index in [4.69, 9.17) is 18.9 Å². The number of esters is 3. The van der Waals surface area contributed by atoms with Gasteiger partial charge in [0.15, 0.2) is 11.6 Å². The topological polar surface area (TPSA) is 88.1 Å². The second kappa shape index (κ2) is 10.6. The van der Waals surface area contributed by atoms with Crippen LogP contribution in [-0.4, -0.2) is 31.6 Å². The van der Waals surface area contributed by atoms with Crippen molar-refractivity contribution < 1.29 is 37.7 Å². The lowest BCUT2D eigenvalue weighted by Gasteiger charge is -2.10. The van der Waals surface area contributed by atoms with Gasteiger partial charge in [0.2, 0.25) is 0 Å². The summed E-state index contributed by atoms with van der Waals surface area (Å²) in [5.74, 6) is -3.37. The number of fused-ring (bicyclic) bond motifs is 3. The van der Waals surface area contributed by atoms with Gasteiger partial charge in [-0.05, 0) is 58.7 Å². The summed E-state index contributed by atoms with van der Waals surface area (Å²) in [6.07, 6.45) is 1.08. The third-order valence-corrected chi connectivity index (χ3v) is 5.91. The number of halogens is 1. The van der Waals surface area contributed by atoms with Crippen LogP contribution in [0.5, 0.6) is 11.5 Å². The summed E-state index contributed by atoms with van der Waals surface area (Å²) in [4.78, 5) is 36.8. The number of hydrogen-bond donors (Lipinski definition) is 0. The summed E-state index contributed by atoms with van der Waals surface area (Å²) < 4.78 is 34.4. The van der Waals surface area contributed by atoms with Gasteiger partial charge in [-0.1, -0.05) is 32.2 Å². The molecule has 3 aromatic rings. The summed E-state index contributed by atoms with van der Waals surface area (Å²) in [5.41, 5.74) is 4.42. The van der Waals surface area contributed by atoms with Gasteiger partial charge in [0.05, 0.1) is 29.6 Å². The van der Waals surface area contributed by atoms with Crippen LogP contribution in [0.25, 0.3) is 11.1 Å². The fourth-order valence-corrected chi connectivity index (χ4v) is 4.10. The Morgan fingerprint density at radius 2 is 1.54 bits per heavy atom. The summed E-state index contributed by atoms with van der Waals surface area (Å²) in [6.45, 7) is 8.83. The zero-order valence-electron chi connectivity index (χ0n) is 20.2. The van der Waals surface area contributed by atoms with Crippen LogP contribution in [0.2, 0.25) is 0 Å². The fraction of sp³-hybridized carbons (Fsp3) is 0.138. The van der Waals surface area contributed by atoms with E-state index in [2.05, 4.69) is 13.2 Å². The number of hydrogen-bond acceptors (Lipinski definition) is 7. The SMILES string of the molecule is C=COC(=O)c1ccc2c(c1)C(C)c1cc(C(=O)Oc3ccc(OC(=O)C(=C)COC)c(F)c3)ccc1-2. The van der Waals surface area contributed by atoms with Gasteiger partial charge in [-0.2, -0.15) is 0 Å². The summed E-state index contributed by atoms with van der Waals surface area (Å²) >= 11 is 0. The van der Waals surface area contributed by atoms with Gasteiger partial charge < -0.3 is 18.9 Å². The van der Waals surface area contributed by atoms with Gasteiger partial charge in [-0.3, -0.25) is 0 Å². The zero-order chi connectivity index (χ0) is 26.7. The van der Waals surface area contributed by atoms with Gasteiger partial charge in [0.25, 0.3) is 0 Å².